The molecule has 13 heavy (non-hydrogen) atoms. The van der Waals surface area contributed by atoms with Gasteiger partial charge in [-0.3, -0.25) is 4.79 Å². The van der Waals surface area contributed by atoms with E-state index in [4.69, 9.17) is 0 Å². The van der Waals surface area contributed by atoms with Crippen LogP contribution in [-0.2, 0) is 4.79 Å². The van der Waals surface area contributed by atoms with Crippen molar-refractivity contribution in [3.63, 3.8) is 0 Å². The summed E-state index contributed by atoms with van der Waals surface area (Å²) in [5.74, 6) is 1.38. The lowest BCUT2D eigenvalue weighted by atomic mass is 9.97. The van der Waals surface area contributed by atoms with Crippen LogP contribution in [0.25, 0.3) is 0 Å². The SMILES string of the molecule is CC[C@@H](C)C(=O)N1CCC(C)CC1. The van der Waals surface area contributed by atoms with Crippen LogP contribution in [0.4, 0.5) is 0 Å². The fourth-order valence-electron chi connectivity index (χ4n) is 1.72. The molecule has 0 radical (unpaired) electrons. The molecule has 0 bridgehead atoms. The Hall–Kier alpha value is -0.530. The van der Waals surface area contributed by atoms with Crippen molar-refractivity contribution >= 4 is 5.91 Å². The van der Waals surface area contributed by atoms with Crippen molar-refractivity contribution in [3.05, 3.63) is 0 Å². The number of likely N-dealkylation sites (tertiary alicyclic amines) is 1. The van der Waals surface area contributed by atoms with E-state index in [0.717, 1.165) is 25.4 Å². The third kappa shape index (κ3) is 2.71. The van der Waals surface area contributed by atoms with Crippen LogP contribution in [0.5, 0.6) is 0 Å². The molecular formula is C11H21NO. The molecule has 0 aliphatic carbocycles. The third-order valence-electron chi connectivity index (χ3n) is 3.13. The molecule has 0 aromatic heterocycles. The fraction of sp³-hybridized carbons (Fsp3) is 0.909. The topological polar surface area (TPSA) is 20.3 Å². The van der Waals surface area contributed by atoms with Crippen LogP contribution in [0.15, 0.2) is 0 Å². The second-order valence-electron chi connectivity index (χ2n) is 4.32. The molecule has 0 saturated carbocycles. The zero-order valence-electron chi connectivity index (χ0n) is 9.05. The van der Waals surface area contributed by atoms with Crippen LogP contribution >= 0.6 is 0 Å². The van der Waals surface area contributed by atoms with Gasteiger partial charge in [0.2, 0.25) is 5.91 Å². The first kappa shape index (κ1) is 10.6. The highest BCUT2D eigenvalue weighted by Gasteiger charge is 2.22. The second kappa shape index (κ2) is 4.64. The molecule has 1 heterocycles. The molecule has 1 rings (SSSR count). The molecule has 0 aromatic rings. The maximum atomic E-state index is 11.8. The summed E-state index contributed by atoms with van der Waals surface area (Å²) < 4.78 is 0. The summed E-state index contributed by atoms with van der Waals surface area (Å²) in [5, 5.41) is 0. The van der Waals surface area contributed by atoms with Gasteiger partial charge < -0.3 is 4.90 Å². The van der Waals surface area contributed by atoms with Crippen LogP contribution in [0.2, 0.25) is 0 Å². The Morgan fingerprint density at radius 1 is 1.46 bits per heavy atom. The van der Waals surface area contributed by atoms with Gasteiger partial charge in [-0.1, -0.05) is 20.8 Å². The minimum atomic E-state index is 0.216. The van der Waals surface area contributed by atoms with Crippen LogP contribution in [-0.4, -0.2) is 23.9 Å². The van der Waals surface area contributed by atoms with E-state index in [1.165, 1.54) is 12.8 Å². The number of hydrogen-bond acceptors (Lipinski definition) is 1. The first-order chi connectivity index (χ1) is 6.15. The van der Waals surface area contributed by atoms with Crippen molar-refractivity contribution < 1.29 is 4.79 Å². The van der Waals surface area contributed by atoms with Crippen molar-refractivity contribution in [1.82, 2.24) is 4.90 Å². The van der Waals surface area contributed by atoms with E-state index in [1.807, 2.05) is 11.8 Å². The summed E-state index contributed by atoms with van der Waals surface area (Å²) in [6.45, 7) is 8.33. The van der Waals surface area contributed by atoms with Crippen molar-refractivity contribution in [3.8, 4) is 0 Å². The maximum Gasteiger partial charge on any atom is 0.225 e. The highest BCUT2D eigenvalue weighted by Crippen LogP contribution is 2.18. The summed E-state index contributed by atoms with van der Waals surface area (Å²) in [6, 6.07) is 0. The molecule has 1 atom stereocenters. The number of carbonyl (C=O) groups is 1. The number of piperidine rings is 1. The van der Waals surface area contributed by atoms with Gasteiger partial charge in [-0.05, 0) is 25.2 Å². The molecule has 2 nitrogen and oxygen atoms in total. The summed E-state index contributed by atoms with van der Waals surface area (Å²) in [5.41, 5.74) is 0. The first-order valence-corrected chi connectivity index (χ1v) is 5.44. The summed E-state index contributed by atoms with van der Waals surface area (Å²) in [7, 11) is 0. The molecule has 1 aliphatic rings. The number of carbonyl (C=O) groups excluding carboxylic acids is 1. The molecule has 0 unspecified atom stereocenters. The van der Waals surface area contributed by atoms with Gasteiger partial charge in [0.25, 0.3) is 0 Å². The van der Waals surface area contributed by atoms with Gasteiger partial charge in [0, 0.05) is 19.0 Å². The molecule has 1 saturated heterocycles. The Kier molecular flexibility index (Phi) is 3.76. The average Bonchev–Trinajstić information content (AvgIpc) is 2.17. The molecular weight excluding hydrogens is 162 g/mol. The van der Waals surface area contributed by atoms with E-state index in [1.54, 1.807) is 0 Å². The van der Waals surface area contributed by atoms with Gasteiger partial charge in [-0.25, -0.2) is 0 Å². The van der Waals surface area contributed by atoms with Crippen molar-refractivity contribution in [2.75, 3.05) is 13.1 Å². The number of rotatable bonds is 2. The molecule has 0 spiro atoms. The monoisotopic (exact) mass is 183 g/mol. The molecule has 0 N–H and O–H groups in total. The molecule has 76 valence electrons. The zero-order chi connectivity index (χ0) is 9.84. The Labute approximate surface area is 81.3 Å². The summed E-state index contributed by atoms with van der Waals surface area (Å²) in [6.07, 6.45) is 3.33. The van der Waals surface area contributed by atoms with Crippen molar-refractivity contribution in [2.24, 2.45) is 11.8 Å². The molecule has 1 aliphatic heterocycles. The highest BCUT2D eigenvalue weighted by atomic mass is 16.2. The Morgan fingerprint density at radius 3 is 2.46 bits per heavy atom. The van der Waals surface area contributed by atoms with Crippen molar-refractivity contribution in [1.29, 1.82) is 0 Å². The lowest BCUT2D eigenvalue weighted by Crippen LogP contribution is -2.40. The molecule has 1 amide bonds. The number of nitrogens with zero attached hydrogens (tertiary/aromatic N) is 1. The van der Waals surface area contributed by atoms with Gasteiger partial charge in [-0.2, -0.15) is 0 Å². The average molecular weight is 183 g/mol. The normalized spacial score (nSPS) is 21.6. The Morgan fingerprint density at radius 2 is 2.00 bits per heavy atom. The van der Waals surface area contributed by atoms with Crippen LogP contribution < -0.4 is 0 Å². The van der Waals surface area contributed by atoms with E-state index < -0.39 is 0 Å². The minimum Gasteiger partial charge on any atom is -0.342 e. The first-order valence-electron chi connectivity index (χ1n) is 5.44. The standard InChI is InChI=1S/C11H21NO/c1-4-10(3)11(13)12-7-5-9(2)6-8-12/h9-10H,4-8H2,1-3H3/t10-/m1/s1. The predicted octanol–water partition coefficient (Wildman–Crippen LogP) is 2.29. The van der Waals surface area contributed by atoms with Crippen LogP contribution in [0.1, 0.15) is 40.0 Å². The minimum absolute atomic E-state index is 0.216. The van der Waals surface area contributed by atoms with Gasteiger partial charge in [0.15, 0.2) is 0 Å². The second-order valence-corrected chi connectivity index (χ2v) is 4.32. The quantitative estimate of drug-likeness (QED) is 0.643. The lowest BCUT2D eigenvalue weighted by molar-refractivity contribution is -0.136. The lowest BCUT2D eigenvalue weighted by Gasteiger charge is -2.32. The fourth-order valence-corrected chi connectivity index (χ4v) is 1.72. The van der Waals surface area contributed by atoms with Crippen LogP contribution in [0.3, 0.4) is 0 Å². The third-order valence-corrected chi connectivity index (χ3v) is 3.13. The number of hydrogen-bond donors (Lipinski definition) is 0. The molecule has 1 fully saturated rings. The van der Waals surface area contributed by atoms with Gasteiger partial charge in [0.05, 0.1) is 0 Å². The van der Waals surface area contributed by atoms with E-state index in [2.05, 4.69) is 13.8 Å². The Bertz CT molecular complexity index is 171. The van der Waals surface area contributed by atoms with E-state index in [9.17, 15) is 4.79 Å². The van der Waals surface area contributed by atoms with Crippen LogP contribution in [0, 0.1) is 11.8 Å². The van der Waals surface area contributed by atoms with E-state index in [0.29, 0.717) is 5.91 Å². The zero-order valence-corrected chi connectivity index (χ0v) is 9.05. The van der Waals surface area contributed by atoms with E-state index >= 15 is 0 Å². The van der Waals surface area contributed by atoms with Gasteiger partial charge >= 0.3 is 0 Å². The summed E-state index contributed by atoms with van der Waals surface area (Å²) in [4.78, 5) is 13.8. The summed E-state index contributed by atoms with van der Waals surface area (Å²) >= 11 is 0. The van der Waals surface area contributed by atoms with Gasteiger partial charge in [-0.15, -0.1) is 0 Å². The van der Waals surface area contributed by atoms with Crippen molar-refractivity contribution in [2.45, 2.75) is 40.0 Å². The predicted molar refractivity (Wildman–Crippen MR) is 54.4 cm³/mol. The number of amides is 1. The van der Waals surface area contributed by atoms with Gasteiger partial charge in [0.1, 0.15) is 0 Å². The smallest absolute Gasteiger partial charge is 0.225 e. The maximum absolute atomic E-state index is 11.8. The van der Waals surface area contributed by atoms with E-state index in [-0.39, 0.29) is 5.92 Å². The largest absolute Gasteiger partial charge is 0.342 e. The highest BCUT2D eigenvalue weighted by molar-refractivity contribution is 5.78. The Balaban J connectivity index is 2.40. The molecule has 2 heteroatoms. The molecule has 0 aromatic carbocycles.